The Morgan fingerprint density at radius 1 is 1.44 bits per heavy atom. The van der Waals surface area contributed by atoms with E-state index in [1.165, 1.54) is 13.8 Å². The van der Waals surface area contributed by atoms with Crippen molar-refractivity contribution in [3.63, 3.8) is 0 Å². The van der Waals surface area contributed by atoms with Gasteiger partial charge >= 0.3 is 0 Å². The monoisotopic (exact) mass is 229 g/mol. The van der Waals surface area contributed by atoms with Crippen LogP contribution in [0.4, 0.5) is 8.78 Å². The summed E-state index contributed by atoms with van der Waals surface area (Å²) in [6.07, 6.45) is 0. The Balaban J connectivity index is 2.68. The van der Waals surface area contributed by atoms with E-state index in [1.54, 1.807) is 0 Å². The Kier molecular flexibility index (Phi) is 3.59. The van der Waals surface area contributed by atoms with Crippen molar-refractivity contribution in [2.45, 2.75) is 26.0 Å². The first kappa shape index (κ1) is 12.6. The quantitative estimate of drug-likeness (QED) is 0.822. The molecular weight excluding hydrogens is 216 g/mol. The lowest BCUT2D eigenvalue weighted by Crippen LogP contribution is -2.41. The molecule has 1 aromatic rings. The zero-order valence-electron chi connectivity index (χ0n) is 9.05. The molecule has 0 aliphatic rings. The Labute approximate surface area is 92.1 Å². The molecule has 0 unspecified atom stereocenters. The third kappa shape index (κ3) is 3.27. The van der Waals surface area contributed by atoms with E-state index in [-0.39, 0.29) is 12.1 Å². The van der Waals surface area contributed by atoms with Gasteiger partial charge < -0.3 is 10.4 Å². The van der Waals surface area contributed by atoms with E-state index in [0.29, 0.717) is 0 Å². The van der Waals surface area contributed by atoms with Crippen molar-refractivity contribution in [3.05, 3.63) is 35.4 Å². The summed E-state index contributed by atoms with van der Waals surface area (Å²) >= 11 is 0. The maximum Gasteiger partial charge on any atom is 0.251 e. The van der Waals surface area contributed by atoms with Crippen molar-refractivity contribution in [2.75, 3.05) is 0 Å². The summed E-state index contributed by atoms with van der Waals surface area (Å²) in [6, 6.07) is 2.98. The van der Waals surface area contributed by atoms with Crippen LogP contribution in [0.1, 0.15) is 19.4 Å². The third-order valence-corrected chi connectivity index (χ3v) is 2.00. The normalized spacial score (nSPS) is 11.3. The molecule has 0 saturated carbocycles. The summed E-state index contributed by atoms with van der Waals surface area (Å²) < 4.78 is 25.9. The molecule has 3 nitrogen and oxygen atoms in total. The highest BCUT2D eigenvalue weighted by Gasteiger charge is 2.23. The number of carbonyl (C=O) groups excluding carboxylic acids is 1. The molecule has 2 N–H and O–H groups in total. The fourth-order valence-electron chi connectivity index (χ4n) is 1.07. The van der Waals surface area contributed by atoms with Crippen molar-refractivity contribution < 1.29 is 18.7 Å². The van der Waals surface area contributed by atoms with Gasteiger partial charge in [-0.3, -0.25) is 4.79 Å². The number of hydrogen-bond acceptors (Lipinski definition) is 2. The van der Waals surface area contributed by atoms with Gasteiger partial charge in [0, 0.05) is 12.1 Å². The number of hydrogen-bond donors (Lipinski definition) is 2. The van der Waals surface area contributed by atoms with Gasteiger partial charge in [-0.05, 0) is 32.0 Å². The van der Waals surface area contributed by atoms with E-state index in [9.17, 15) is 18.7 Å². The molecule has 0 heterocycles. The van der Waals surface area contributed by atoms with Crippen molar-refractivity contribution in [1.82, 2.24) is 5.32 Å². The van der Waals surface area contributed by atoms with Crippen LogP contribution in [0, 0.1) is 11.6 Å². The van der Waals surface area contributed by atoms with Crippen molar-refractivity contribution in [3.8, 4) is 0 Å². The molecule has 0 radical (unpaired) electrons. The van der Waals surface area contributed by atoms with Gasteiger partial charge in [-0.25, -0.2) is 8.78 Å². The number of nitrogens with one attached hydrogen (secondary N) is 1. The van der Waals surface area contributed by atoms with Crippen molar-refractivity contribution >= 4 is 5.91 Å². The van der Waals surface area contributed by atoms with Gasteiger partial charge in [-0.2, -0.15) is 0 Å². The molecule has 0 aromatic heterocycles. The molecule has 1 aromatic carbocycles. The average molecular weight is 229 g/mol. The largest absolute Gasteiger partial charge is 0.381 e. The second-order valence-electron chi connectivity index (χ2n) is 3.98. The highest BCUT2D eigenvalue weighted by molar-refractivity contribution is 5.83. The van der Waals surface area contributed by atoms with E-state index in [2.05, 4.69) is 5.32 Å². The van der Waals surface area contributed by atoms with Gasteiger partial charge in [0.1, 0.15) is 17.2 Å². The van der Waals surface area contributed by atoms with Crippen molar-refractivity contribution in [1.29, 1.82) is 0 Å². The second kappa shape index (κ2) is 4.57. The first-order chi connectivity index (χ1) is 7.30. The maximum absolute atomic E-state index is 13.1. The maximum atomic E-state index is 13.1. The van der Waals surface area contributed by atoms with Crippen LogP contribution in [0.5, 0.6) is 0 Å². The number of carbonyl (C=O) groups is 1. The van der Waals surface area contributed by atoms with Gasteiger partial charge in [0.2, 0.25) is 0 Å². The minimum atomic E-state index is -1.54. The SMILES string of the molecule is CC(C)(O)C(=O)NCc1cc(F)ccc1F. The molecule has 0 fully saturated rings. The standard InChI is InChI=1S/C11H13F2NO2/c1-11(2,16)10(15)14-6-7-5-8(12)3-4-9(7)13/h3-5,16H,6H2,1-2H3,(H,14,15). The van der Waals surface area contributed by atoms with Gasteiger partial charge in [0.15, 0.2) is 0 Å². The Morgan fingerprint density at radius 3 is 2.62 bits per heavy atom. The number of rotatable bonds is 3. The molecule has 0 bridgehead atoms. The van der Waals surface area contributed by atoms with Gasteiger partial charge in [0.05, 0.1) is 0 Å². The molecule has 0 saturated heterocycles. The first-order valence-corrected chi connectivity index (χ1v) is 4.75. The van der Waals surface area contributed by atoms with Crippen LogP contribution in [0.25, 0.3) is 0 Å². The summed E-state index contributed by atoms with van der Waals surface area (Å²) in [6.45, 7) is 2.46. The van der Waals surface area contributed by atoms with E-state index in [0.717, 1.165) is 18.2 Å². The summed E-state index contributed by atoms with van der Waals surface area (Å²) in [5.74, 6) is -1.82. The predicted molar refractivity (Wildman–Crippen MR) is 54.5 cm³/mol. The average Bonchev–Trinajstić information content (AvgIpc) is 2.17. The zero-order valence-corrected chi connectivity index (χ0v) is 9.05. The highest BCUT2D eigenvalue weighted by atomic mass is 19.1. The van der Waals surface area contributed by atoms with Crippen LogP contribution in [0.15, 0.2) is 18.2 Å². The van der Waals surface area contributed by atoms with Crippen LogP contribution in [0.3, 0.4) is 0 Å². The highest BCUT2D eigenvalue weighted by Crippen LogP contribution is 2.10. The lowest BCUT2D eigenvalue weighted by molar-refractivity contribution is -0.136. The topological polar surface area (TPSA) is 49.3 Å². The molecule has 88 valence electrons. The molecular formula is C11H13F2NO2. The van der Waals surface area contributed by atoms with Gasteiger partial charge in [-0.1, -0.05) is 0 Å². The third-order valence-electron chi connectivity index (χ3n) is 2.00. The minimum absolute atomic E-state index is 0.0394. The Bertz CT molecular complexity index is 399. The summed E-state index contributed by atoms with van der Waals surface area (Å²) in [7, 11) is 0. The molecule has 0 aliphatic heterocycles. The number of amides is 1. The fourth-order valence-corrected chi connectivity index (χ4v) is 1.07. The Morgan fingerprint density at radius 2 is 2.06 bits per heavy atom. The zero-order chi connectivity index (χ0) is 12.3. The lowest BCUT2D eigenvalue weighted by atomic mass is 10.1. The molecule has 0 atom stereocenters. The van der Waals surface area contributed by atoms with Crippen LogP contribution in [-0.2, 0) is 11.3 Å². The van der Waals surface area contributed by atoms with Gasteiger partial charge in [-0.15, -0.1) is 0 Å². The predicted octanol–water partition coefficient (Wildman–Crippen LogP) is 1.35. The van der Waals surface area contributed by atoms with Crippen LogP contribution < -0.4 is 5.32 Å². The van der Waals surface area contributed by atoms with E-state index >= 15 is 0 Å². The smallest absolute Gasteiger partial charge is 0.251 e. The molecule has 1 rings (SSSR count). The summed E-state index contributed by atoms with van der Waals surface area (Å²) in [5.41, 5.74) is -1.50. The summed E-state index contributed by atoms with van der Waals surface area (Å²) in [5, 5.41) is 11.6. The number of aliphatic hydroxyl groups is 1. The lowest BCUT2D eigenvalue weighted by Gasteiger charge is -2.16. The minimum Gasteiger partial charge on any atom is -0.381 e. The molecule has 5 heteroatoms. The van der Waals surface area contributed by atoms with E-state index in [1.807, 2.05) is 0 Å². The van der Waals surface area contributed by atoms with Crippen LogP contribution in [-0.4, -0.2) is 16.6 Å². The van der Waals surface area contributed by atoms with Crippen LogP contribution in [0.2, 0.25) is 0 Å². The second-order valence-corrected chi connectivity index (χ2v) is 3.98. The molecule has 1 amide bonds. The van der Waals surface area contributed by atoms with Crippen molar-refractivity contribution in [2.24, 2.45) is 0 Å². The van der Waals surface area contributed by atoms with Crippen LogP contribution >= 0.6 is 0 Å². The van der Waals surface area contributed by atoms with E-state index in [4.69, 9.17) is 0 Å². The number of benzene rings is 1. The summed E-state index contributed by atoms with van der Waals surface area (Å²) in [4.78, 5) is 11.3. The van der Waals surface area contributed by atoms with E-state index < -0.39 is 23.1 Å². The van der Waals surface area contributed by atoms with Gasteiger partial charge in [0.25, 0.3) is 5.91 Å². The Hall–Kier alpha value is -1.49. The number of halogens is 2. The first-order valence-electron chi connectivity index (χ1n) is 4.75. The fraction of sp³-hybridized carbons (Fsp3) is 0.364. The molecule has 0 aliphatic carbocycles. The molecule has 0 spiro atoms. The molecule has 16 heavy (non-hydrogen) atoms.